The molecule has 1 aromatic heterocycles. The molecule has 0 bridgehead atoms. The van der Waals surface area contributed by atoms with E-state index in [0.29, 0.717) is 19.5 Å². The molecule has 8 nitrogen and oxygen atoms in total. The van der Waals surface area contributed by atoms with Gasteiger partial charge in [-0.3, -0.25) is 15.0 Å². The molecule has 1 aromatic rings. The second kappa shape index (κ2) is 7.77. The van der Waals surface area contributed by atoms with Gasteiger partial charge in [-0.25, -0.2) is 13.6 Å². The Bertz CT molecular complexity index is 554. The Hall–Kier alpha value is -2.36. The van der Waals surface area contributed by atoms with Gasteiger partial charge in [-0.05, 0) is 18.6 Å². The number of likely N-dealkylation sites (tertiary alicyclic amines) is 1. The third-order valence-corrected chi connectivity index (χ3v) is 3.37. The quantitative estimate of drug-likeness (QED) is 0.722. The summed E-state index contributed by atoms with van der Waals surface area (Å²) in [7, 11) is 1.47. The van der Waals surface area contributed by atoms with Crippen molar-refractivity contribution in [1.29, 1.82) is 0 Å². The van der Waals surface area contributed by atoms with Gasteiger partial charge in [0.15, 0.2) is 11.5 Å². The van der Waals surface area contributed by atoms with Gasteiger partial charge in [0.25, 0.3) is 12.3 Å². The standard InChI is InChI=1S/C13H18F2N6O2/c1-16-12(22)9-2-3-11(20-19-9)18-13(23)17-8-4-5-21(6-8)7-10(14)15/h2-3,8,10H,4-7H2,1H3,(H,16,22)(H2,17,18,20,23). The molecular weight excluding hydrogens is 310 g/mol. The molecule has 3 N–H and O–H groups in total. The highest BCUT2D eigenvalue weighted by atomic mass is 19.3. The van der Waals surface area contributed by atoms with Gasteiger partial charge in [0.2, 0.25) is 0 Å². The number of alkyl halides is 2. The summed E-state index contributed by atoms with van der Waals surface area (Å²) in [5, 5.41) is 15.0. The molecule has 1 saturated heterocycles. The van der Waals surface area contributed by atoms with E-state index in [1.165, 1.54) is 19.2 Å². The Labute approximate surface area is 131 Å². The van der Waals surface area contributed by atoms with Crippen LogP contribution in [0.1, 0.15) is 16.9 Å². The summed E-state index contributed by atoms with van der Waals surface area (Å²) in [4.78, 5) is 24.8. The first-order valence-electron chi connectivity index (χ1n) is 7.11. The van der Waals surface area contributed by atoms with E-state index >= 15 is 0 Å². The average Bonchev–Trinajstić information content (AvgIpc) is 2.93. The molecule has 3 amide bonds. The molecule has 126 valence electrons. The number of hydrogen-bond acceptors (Lipinski definition) is 5. The molecule has 1 aliphatic heterocycles. The third-order valence-electron chi connectivity index (χ3n) is 3.37. The number of nitrogens with zero attached hydrogens (tertiary/aromatic N) is 3. The van der Waals surface area contributed by atoms with Crippen LogP contribution in [0.3, 0.4) is 0 Å². The summed E-state index contributed by atoms with van der Waals surface area (Å²) in [5.74, 6) is -0.184. The normalized spacial score (nSPS) is 18.0. The second-order valence-electron chi connectivity index (χ2n) is 5.12. The molecular formula is C13H18F2N6O2. The number of nitrogens with one attached hydrogen (secondary N) is 3. The summed E-state index contributed by atoms with van der Waals surface area (Å²) in [6.45, 7) is 0.626. The molecule has 0 spiro atoms. The Kier molecular flexibility index (Phi) is 5.74. The fourth-order valence-electron chi connectivity index (χ4n) is 2.30. The van der Waals surface area contributed by atoms with E-state index in [1.54, 1.807) is 4.90 Å². The number of urea groups is 1. The van der Waals surface area contributed by atoms with Gasteiger partial charge in [0.1, 0.15) is 0 Å². The first-order valence-corrected chi connectivity index (χ1v) is 7.11. The lowest BCUT2D eigenvalue weighted by Crippen LogP contribution is -2.40. The summed E-state index contributed by atoms with van der Waals surface area (Å²) in [6, 6.07) is 2.21. The van der Waals surface area contributed by atoms with Gasteiger partial charge in [0.05, 0.1) is 6.54 Å². The van der Waals surface area contributed by atoms with Crippen molar-refractivity contribution in [3.8, 4) is 0 Å². The Morgan fingerprint density at radius 3 is 2.78 bits per heavy atom. The highest BCUT2D eigenvalue weighted by Crippen LogP contribution is 2.11. The number of carbonyl (C=O) groups excluding carboxylic acids is 2. The topological polar surface area (TPSA) is 99.2 Å². The highest BCUT2D eigenvalue weighted by molar-refractivity contribution is 5.92. The largest absolute Gasteiger partial charge is 0.354 e. The lowest BCUT2D eigenvalue weighted by Gasteiger charge is -2.16. The van der Waals surface area contributed by atoms with Crippen LogP contribution < -0.4 is 16.0 Å². The van der Waals surface area contributed by atoms with Crippen molar-refractivity contribution in [2.24, 2.45) is 0 Å². The highest BCUT2D eigenvalue weighted by Gasteiger charge is 2.25. The van der Waals surface area contributed by atoms with Crippen LogP contribution in [-0.4, -0.2) is 66.2 Å². The van der Waals surface area contributed by atoms with Gasteiger partial charge in [-0.1, -0.05) is 0 Å². The van der Waals surface area contributed by atoms with Crippen LogP contribution in [0, 0.1) is 0 Å². The number of anilines is 1. The van der Waals surface area contributed by atoms with Crippen molar-refractivity contribution in [1.82, 2.24) is 25.7 Å². The number of halogens is 2. The Morgan fingerprint density at radius 1 is 1.39 bits per heavy atom. The van der Waals surface area contributed by atoms with Crippen molar-refractivity contribution in [3.05, 3.63) is 17.8 Å². The molecule has 0 aromatic carbocycles. The average molecular weight is 328 g/mol. The monoisotopic (exact) mass is 328 g/mol. The van der Waals surface area contributed by atoms with Crippen molar-refractivity contribution in [3.63, 3.8) is 0 Å². The van der Waals surface area contributed by atoms with E-state index in [2.05, 4.69) is 26.1 Å². The van der Waals surface area contributed by atoms with E-state index in [1.807, 2.05) is 0 Å². The van der Waals surface area contributed by atoms with Crippen LogP contribution in [0.2, 0.25) is 0 Å². The fraction of sp³-hybridized carbons (Fsp3) is 0.538. The van der Waals surface area contributed by atoms with Crippen LogP contribution in [0.4, 0.5) is 19.4 Å². The summed E-state index contributed by atoms with van der Waals surface area (Å²) in [5.41, 5.74) is 0.136. The third kappa shape index (κ3) is 5.09. The maximum atomic E-state index is 12.3. The summed E-state index contributed by atoms with van der Waals surface area (Å²) >= 11 is 0. The zero-order valence-corrected chi connectivity index (χ0v) is 12.6. The van der Waals surface area contributed by atoms with Gasteiger partial charge < -0.3 is 10.6 Å². The van der Waals surface area contributed by atoms with Gasteiger partial charge in [0, 0.05) is 26.2 Å². The van der Waals surface area contributed by atoms with E-state index in [9.17, 15) is 18.4 Å². The molecule has 0 radical (unpaired) electrons. The van der Waals surface area contributed by atoms with Crippen LogP contribution in [0.5, 0.6) is 0 Å². The minimum absolute atomic E-state index is 0.136. The maximum Gasteiger partial charge on any atom is 0.320 e. The molecule has 1 unspecified atom stereocenters. The van der Waals surface area contributed by atoms with E-state index in [-0.39, 0.29) is 30.0 Å². The first-order chi connectivity index (χ1) is 11.0. The molecule has 10 heteroatoms. The van der Waals surface area contributed by atoms with E-state index < -0.39 is 12.5 Å². The number of amides is 3. The second-order valence-corrected chi connectivity index (χ2v) is 5.12. The predicted octanol–water partition coefficient (Wildman–Crippen LogP) is 0.297. The van der Waals surface area contributed by atoms with Crippen LogP contribution >= 0.6 is 0 Å². The molecule has 2 rings (SSSR count). The minimum Gasteiger partial charge on any atom is -0.354 e. The molecule has 23 heavy (non-hydrogen) atoms. The maximum absolute atomic E-state index is 12.3. The predicted molar refractivity (Wildman–Crippen MR) is 78.4 cm³/mol. The SMILES string of the molecule is CNC(=O)c1ccc(NC(=O)NC2CCN(CC(F)F)C2)nn1. The van der Waals surface area contributed by atoms with Gasteiger partial charge in [-0.15, -0.1) is 10.2 Å². The Balaban J connectivity index is 1.80. The van der Waals surface area contributed by atoms with Crippen molar-refractivity contribution < 1.29 is 18.4 Å². The van der Waals surface area contributed by atoms with Crippen molar-refractivity contribution in [2.75, 3.05) is 32.0 Å². The molecule has 0 saturated carbocycles. The molecule has 1 fully saturated rings. The number of aromatic nitrogens is 2. The molecule has 2 heterocycles. The van der Waals surface area contributed by atoms with E-state index in [4.69, 9.17) is 0 Å². The number of rotatable bonds is 5. The lowest BCUT2D eigenvalue weighted by atomic mass is 10.3. The van der Waals surface area contributed by atoms with Crippen LogP contribution in [0.15, 0.2) is 12.1 Å². The smallest absolute Gasteiger partial charge is 0.320 e. The zero-order valence-electron chi connectivity index (χ0n) is 12.6. The van der Waals surface area contributed by atoms with Gasteiger partial charge in [-0.2, -0.15) is 0 Å². The lowest BCUT2D eigenvalue weighted by molar-refractivity contribution is 0.0956. The number of carbonyl (C=O) groups is 2. The molecule has 1 atom stereocenters. The molecule has 0 aliphatic carbocycles. The fourth-order valence-corrected chi connectivity index (χ4v) is 2.30. The Morgan fingerprint density at radius 2 is 2.17 bits per heavy atom. The van der Waals surface area contributed by atoms with Crippen LogP contribution in [0.25, 0.3) is 0 Å². The van der Waals surface area contributed by atoms with Crippen LogP contribution in [-0.2, 0) is 0 Å². The summed E-state index contributed by atoms with van der Waals surface area (Å²) in [6.07, 6.45) is -1.77. The zero-order chi connectivity index (χ0) is 16.8. The van der Waals surface area contributed by atoms with Crippen molar-refractivity contribution in [2.45, 2.75) is 18.9 Å². The first kappa shape index (κ1) is 17.0. The minimum atomic E-state index is -2.38. The number of hydrogen-bond donors (Lipinski definition) is 3. The summed E-state index contributed by atoms with van der Waals surface area (Å²) < 4.78 is 24.6. The molecule has 1 aliphatic rings. The van der Waals surface area contributed by atoms with Gasteiger partial charge >= 0.3 is 6.03 Å². The van der Waals surface area contributed by atoms with E-state index in [0.717, 1.165) is 0 Å². The van der Waals surface area contributed by atoms with Crippen molar-refractivity contribution >= 4 is 17.8 Å².